The lowest BCUT2D eigenvalue weighted by atomic mass is 9.79. The molecule has 3 rings (SSSR count). The summed E-state index contributed by atoms with van der Waals surface area (Å²) in [6, 6.07) is -0.0884. The first kappa shape index (κ1) is 18.4. The van der Waals surface area contributed by atoms with Gasteiger partial charge in [-0.15, -0.1) is 0 Å². The van der Waals surface area contributed by atoms with Crippen LogP contribution >= 0.6 is 0 Å². The van der Waals surface area contributed by atoms with Crippen molar-refractivity contribution in [2.45, 2.75) is 57.5 Å². The van der Waals surface area contributed by atoms with E-state index in [0.717, 1.165) is 18.7 Å². The minimum Gasteiger partial charge on any atom is -0.460 e. The molecular weight excluding hydrogens is 326 g/mol. The number of carbonyl (C=O) groups is 2. The molecule has 7 heteroatoms. The summed E-state index contributed by atoms with van der Waals surface area (Å²) in [5.74, 6) is -2.76. The highest BCUT2D eigenvalue weighted by atomic mass is 16.6. The molecule has 2 N–H and O–H groups in total. The summed E-state index contributed by atoms with van der Waals surface area (Å²) in [4.78, 5) is 27.5. The lowest BCUT2D eigenvalue weighted by Crippen LogP contribution is -2.56. The SMILES string of the molecule is CCC1(O)C(=O)OCC2=CCN3CC[C@@H](OC(=O)C(C(C)C)[C@H]1O)[C@@H]23. The Morgan fingerprint density at radius 3 is 2.76 bits per heavy atom. The summed E-state index contributed by atoms with van der Waals surface area (Å²) in [5, 5.41) is 21.5. The molecule has 0 saturated carbocycles. The fourth-order valence-electron chi connectivity index (χ4n) is 4.16. The second-order valence-corrected chi connectivity index (χ2v) is 7.55. The molecule has 2 unspecified atom stereocenters. The molecule has 25 heavy (non-hydrogen) atoms. The van der Waals surface area contributed by atoms with Gasteiger partial charge < -0.3 is 19.7 Å². The zero-order valence-electron chi connectivity index (χ0n) is 15.0. The van der Waals surface area contributed by atoms with Crippen LogP contribution in [0, 0.1) is 11.8 Å². The minimum absolute atomic E-state index is 0.0371. The number of aliphatic hydroxyl groups is 2. The second-order valence-electron chi connectivity index (χ2n) is 7.55. The molecule has 2 saturated heterocycles. The molecule has 3 aliphatic heterocycles. The fraction of sp³-hybridized carbons (Fsp3) is 0.778. The van der Waals surface area contributed by atoms with Crippen LogP contribution in [0.4, 0.5) is 0 Å². The highest BCUT2D eigenvalue weighted by Gasteiger charge is 2.52. The first-order chi connectivity index (χ1) is 11.8. The Hall–Kier alpha value is -1.44. The molecule has 3 heterocycles. The lowest BCUT2D eigenvalue weighted by Gasteiger charge is -2.35. The maximum Gasteiger partial charge on any atom is 0.341 e. The maximum atomic E-state index is 12.8. The predicted octanol–water partition coefficient (Wildman–Crippen LogP) is 0.243. The molecule has 7 nitrogen and oxygen atoms in total. The number of aliphatic hydroxyl groups excluding tert-OH is 1. The van der Waals surface area contributed by atoms with Gasteiger partial charge in [0, 0.05) is 13.1 Å². The number of carbonyl (C=O) groups excluding carboxylic acids is 2. The third kappa shape index (κ3) is 2.98. The van der Waals surface area contributed by atoms with Gasteiger partial charge in [0.2, 0.25) is 0 Å². The van der Waals surface area contributed by atoms with Gasteiger partial charge in [-0.2, -0.15) is 0 Å². The van der Waals surface area contributed by atoms with Crippen LogP contribution in [0.5, 0.6) is 0 Å². The standard InChI is InChI=1S/C18H27NO6/c1-4-18(23)15(20)13(10(2)3)16(21)25-12-6-8-19-7-5-11(14(12)19)9-24-17(18)22/h5,10,12-15,20,23H,4,6-9H2,1-3H3/t12-,13?,14-,15-,18?/m1/s1. The van der Waals surface area contributed by atoms with Crippen LogP contribution in [0.1, 0.15) is 33.6 Å². The third-order valence-corrected chi connectivity index (χ3v) is 5.76. The summed E-state index contributed by atoms with van der Waals surface area (Å²) >= 11 is 0. The van der Waals surface area contributed by atoms with Gasteiger partial charge in [0.15, 0.2) is 5.60 Å². The van der Waals surface area contributed by atoms with E-state index in [1.165, 1.54) is 0 Å². The van der Waals surface area contributed by atoms with E-state index in [9.17, 15) is 19.8 Å². The van der Waals surface area contributed by atoms with Crippen LogP contribution < -0.4 is 0 Å². The van der Waals surface area contributed by atoms with Crippen LogP contribution in [0.3, 0.4) is 0 Å². The summed E-state index contributed by atoms with van der Waals surface area (Å²) in [6.45, 7) is 6.69. The lowest BCUT2D eigenvalue weighted by molar-refractivity contribution is -0.190. The monoisotopic (exact) mass is 353 g/mol. The quantitative estimate of drug-likeness (QED) is 0.542. The van der Waals surface area contributed by atoms with Gasteiger partial charge >= 0.3 is 11.9 Å². The van der Waals surface area contributed by atoms with Crippen LogP contribution in [0.25, 0.3) is 0 Å². The summed E-state index contributed by atoms with van der Waals surface area (Å²) in [7, 11) is 0. The average Bonchev–Trinajstić information content (AvgIpc) is 3.13. The largest absolute Gasteiger partial charge is 0.460 e. The molecular formula is C18H27NO6. The van der Waals surface area contributed by atoms with Gasteiger partial charge in [-0.3, -0.25) is 9.69 Å². The van der Waals surface area contributed by atoms with E-state index in [2.05, 4.69) is 4.90 Å². The molecule has 0 aromatic rings. The Morgan fingerprint density at radius 1 is 1.40 bits per heavy atom. The van der Waals surface area contributed by atoms with Crippen LogP contribution in [-0.4, -0.2) is 70.6 Å². The Kier molecular flexibility index (Phi) is 4.92. The van der Waals surface area contributed by atoms with Gasteiger partial charge in [-0.05, 0) is 24.3 Å². The van der Waals surface area contributed by atoms with E-state index in [1.54, 1.807) is 20.8 Å². The van der Waals surface area contributed by atoms with Crippen molar-refractivity contribution in [1.29, 1.82) is 0 Å². The van der Waals surface area contributed by atoms with Crippen molar-refractivity contribution in [3.05, 3.63) is 11.6 Å². The second kappa shape index (κ2) is 6.70. The molecule has 0 spiro atoms. The van der Waals surface area contributed by atoms with E-state index in [0.29, 0.717) is 6.42 Å². The van der Waals surface area contributed by atoms with Gasteiger partial charge in [-0.25, -0.2) is 4.79 Å². The molecule has 3 aliphatic rings. The zero-order chi connectivity index (χ0) is 18.4. The first-order valence-corrected chi connectivity index (χ1v) is 9.00. The zero-order valence-corrected chi connectivity index (χ0v) is 15.0. The molecule has 140 valence electrons. The van der Waals surface area contributed by atoms with Crippen LogP contribution in [0.15, 0.2) is 11.6 Å². The number of nitrogens with zero attached hydrogens (tertiary/aromatic N) is 1. The van der Waals surface area contributed by atoms with Gasteiger partial charge in [-0.1, -0.05) is 26.8 Å². The van der Waals surface area contributed by atoms with E-state index < -0.39 is 29.6 Å². The van der Waals surface area contributed by atoms with Crippen molar-refractivity contribution in [2.24, 2.45) is 11.8 Å². The Morgan fingerprint density at radius 2 is 2.12 bits per heavy atom. The number of hydrogen-bond donors (Lipinski definition) is 2. The molecule has 0 aliphatic carbocycles. The third-order valence-electron chi connectivity index (χ3n) is 5.76. The Bertz CT molecular complexity index is 588. The van der Waals surface area contributed by atoms with Crippen LogP contribution in [0.2, 0.25) is 0 Å². The molecule has 0 aromatic heterocycles. The van der Waals surface area contributed by atoms with E-state index in [4.69, 9.17) is 9.47 Å². The van der Waals surface area contributed by atoms with Crippen molar-refractivity contribution in [1.82, 2.24) is 4.90 Å². The molecule has 0 bridgehead atoms. The topological polar surface area (TPSA) is 96.3 Å². The smallest absolute Gasteiger partial charge is 0.341 e. The molecule has 0 amide bonds. The van der Waals surface area contributed by atoms with Crippen molar-refractivity contribution in [3.63, 3.8) is 0 Å². The van der Waals surface area contributed by atoms with Gasteiger partial charge in [0.05, 0.1) is 12.0 Å². The van der Waals surface area contributed by atoms with E-state index in [1.807, 2.05) is 6.08 Å². The number of rotatable bonds is 2. The fourth-order valence-corrected chi connectivity index (χ4v) is 4.16. The molecule has 0 radical (unpaired) electrons. The van der Waals surface area contributed by atoms with Crippen molar-refractivity contribution in [2.75, 3.05) is 19.7 Å². The summed E-state index contributed by atoms with van der Waals surface area (Å²) in [6.07, 6.45) is 0.738. The van der Waals surface area contributed by atoms with Crippen molar-refractivity contribution >= 4 is 11.9 Å². The summed E-state index contributed by atoms with van der Waals surface area (Å²) < 4.78 is 11.1. The Balaban J connectivity index is 1.98. The number of hydrogen-bond acceptors (Lipinski definition) is 7. The van der Waals surface area contributed by atoms with Gasteiger partial charge in [0.25, 0.3) is 0 Å². The first-order valence-electron chi connectivity index (χ1n) is 9.00. The summed E-state index contributed by atoms with van der Waals surface area (Å²) in [5.41, 5.74) is -1.24. The van der Waals surface area contributed by atoms with E-state index in [-0.39, 0.29) is 31.1 Å². The molecule has 0 aromatic carbocycles. The highest BCUT2D eigenvalue weighted by Crippen LogP contribution is 2.35. The number of esters is 2. The van der Waals surface area contributed by atoms with Gasteiger partial charge in [0.1, 0.15) is 18.8 Å². The minimum atomic E-state index is -2.13. The molecule has 2 fully saturated rings. The van der Waals surface area contributed by atoms with Crippen molar-refractivity contribution in [3.8, 4) is 0 Å². The number of ether oxygens (including phenoxy) is 2. The van der Waals surface area contributed by atoms with Crippen molar-refractivity contribution < 1.29 is 29.3 Å². The maximum absolute atomic E-state index is 12.8. The van der Waals surface area contributed by atoms with E-state index >= 15 is 0 Å². The highest BCUT2D eigenvalue weighted by molar-refractivity contribution is 5.83. The Labute approximate surface area is 147 Å². The molecule has 5 atom stereocenters. The predicted molar refractivity (Wildman–Crippen MR) is 88.5 cm³/mol. The average molecular weight is 353 g/mol. The number of cyclic esters (lactones) is 1. The van der Waals surface area contributed by atoms with Crippen LogP contribution in [-0.2, 0) is 19.1 Å². The normalized spacial score (nSPS) is 39.5.